The van der Waals surface area contributed by atoms with E-state index in [1.54, 1.807) is 12.2 Å². The van der Waals surface area contributed by atoms with Gasteiger partial charge in [0.05, 0.1) is 0 Å². The number of aromatic nitrogens is 4. The third-order valence-corrected chi connectivity index (χ3v) is 3.63. The highest BCUT2D eigenvalue weighted by Gasteiger charge is 2.03. The number of anilines is 1. The van der Waals surface area contributed by atoms with Gasteiger partial charge in [0.25, 0.3) is 0 Å². The fourth-order valence-corrected chi connectivity index (χ4v) is 2.26. The van der Waals surface area contributed by atoms with Crippen LogP contribution in [-0.4, -0.2) is 25.7 Å². The van der Waals surface area contributed by atoms with Crippen molar-refractivity contribution < 1.29 is 9.84 Å². The summed E-state index contributed by atoms with van der Waals surface area (Å²) in [6.07, 6.45) is 3.33. The molecule has 1 aromatic heterocycles. The number of nitrogens with zero attached hydrogens (tertiary/aromatic N) is 3. The van der Waals surface area contributed by atoms with E-state index in [9.17, 15) is 0 Å². The Morgan fingerprint density at radius 2 is 1.85 bits per heavy atom. The highest BCUT2D eigenvalue weighted by Crippen LogP contribution is 2.21. The van der Waals surface area contributed by atoms with E-state index in [4.69, 9.17) is 9.84 Å². The van der Waals surface area contributed by atoms with Crippen molar-refractivity contribution in [2.45, 2.75) is 6.61 Å². The van der Waals surface area contributed by atoms with E-state index in [2.05, 4.69) is 39.1 Å². The minimum Gasteiger partial charge on any atom is -0.509 e. The lowest BCUT2D eigenvalue weighted by atomic mass is 10.1. The Labute approximate surface area is 156 Å². The van der Waals surface area contributed by atoms with E-state index in [0.29, 0.717) is 11.6 Å². The van der Waals surface area contributed by atoms with Gasteiger partial charge in [0.2, 0.25) is 5.82 Å². The maximum absolute atomic E-state index is 9.09. The summed E-state index contributed by atoms with van der Waals surface area (Å²) in [5, 5.41) is 25.9. The van der Waals surface area contributed by atoms with E-state index in [-0.39, 0.29) is 12.4 Å². The molecule has 0 saturated heterocycles. The van der Waals surface area contributed by atoms with Gasteiger partial charge in [-0.15, -0.1) is 10.2 Å². The smallest absolute Gasteiger partial charge is 0.211 e. The maximum Gasteiger partial charge on any atom is 0.211 e. The molecule has 7 heteroatoms. The molecule has 0 aliphatic rings. The Morgan fingerprint density at radius 3 is 2.48 bits per heavy atom. The van der Waals surface area contributed by atoms with Crippen molar-refractivity contribution in [3.8, 4) is 5.75 Å². The van der Waals surface area contributed by atoms with E-state index >= 15 is 0 Å². The van der Waals surface area contributed by atoms with Gasteiger partial charge in [-0.1, -0.05) is 36.6 Å². The predicted octanol–water partition coefficient (Wildman–Crippen LogP) is 3.95. The molecule has 0 radical (unpaired) electrons. The molecule has 3 N–H and O–H groups in total. The second-order valence-corrected chi connectivity index (χ2v) is 5.69. The van der Waals surface area contributed by atoms with Crippen molar-refractivity contribution in [2.75, 3.05) is 5.32 Å². The molecule has 0 aliphatic heterocycles. The highest BCUT2D eigenvalue weighted by molar-refractivity contribution is 5.75. The Balaban J connectivity index is 1.56. The zero-order chi connectivity index (χ0) is 19.1. The number of aliphatic hydroxyl groups excluding tert-OH is 1. The number of H-pyrrole nitrogens is 1. The lowest BCUT2D eigenvalue weighted by Gasteiger charge is -2.11. The van der Waals surface area contributed by atoms with E-state index in [0.717, 1.165) is 22.5 Å². The second-order valence-electron chi connectivity index (χ2n) is 5.69. The van der Waals surface area contributed by atoms with Crippen molar-refractivity contribution in [3.05, 3.63) is 90.5 Å². The fourth-order valence-electron chi connectivity index (χ4n) is 2.26. The summed E-state index contributed by atoms with van der Waals surface area (Å²) in [5.74, 6) is 1.22. The van der Waals surface area contributed by atoms with Gasteiger partial charge >= 0.3 is 0 Å². The molecule has 0 bridgehead atoms. The van der Waals surface area contributed by atoms with Crippen molar-refractivity contribution in [1.82, 2.24) is 20.6 Å². The van der Waals surface area contributed by atoms with Crippen molar-refractivity contribution in [1.29, 1.82) is 0 Å². The number of aromatic amines is 1. The molecule has 2 aromatic carbocycles. The molecular weight excluding hydrogens is 342 g/mol. The maximum atomic E-state index is 9.09. The predicted molar refractivity (Wildman–Crippen MR) is 105 cm³/mol. The zero-order valence-electron chi connectivity index (χ0n) is 14.6. The standard InChI is InChI=1S/C20H19N5O2/c1-14(26)3-4-16-5-9-18(10-6-16)21-15(2)17-7-11-19(12-8-17)27-13-20-22-24-25-23-20/h3-12,21,26H,1-2,13H2,(H,22,23,24,25)/b4-3+. The molecule has 1 heterocycles. The number of benzene rings is 2. The molecule has 3 rings (SSSR count). The number of ether oxygens (including phenoxy) is 1. The number of hydrogen-bond donors (Lipinski definition) is 3. The molecule has 3 aromatic rings. The molecule has 0 amide bonds. The number of aliphatic hydroxyl groups is 1. The first-order chi connectivity index (χ1) is 13.1. The molecule has 0 atom stereocenters. The van der Waals surface area contributed by atoms with Gasteiger partial charge < -0.3 is 15.2 Å². The number of rotatable bonds is 8. The third-order valence-electron chi connectivity index (χ3n) is 3.63. The Hall–Kier alpha value is -3.87. The van der Waals surface area contributed by atoms with Crippen LogP contribution in [0.15, 0.2) is 73.5 Å². The molecular formula is C20H19N5O2. The first-order valence-corrected chi connectivity index (χ1v) is 8.17. The lowest BCUT2D eigenvalue weighted by Crippen LogP contribution is -1.99. The monoisotopic (exact) mass is 361 g/mol. The largest absolute Gasteiger partial charge is 0.509 e. The first-order valence-electron chi connectivity index (χ1n) is 8.17. The molecule has 0 aliphatic carbocycles. The molecule has 0 fully saturated rings. The lowest BCUT2D eigenvalue weighted by molar-refractivity contribution is 0.296. The van der Waals surface area contributed by atoms with Gasteiger partial charge in [-0.25, -0.2) is 0 Å². The van der Waals surface area contributed by atoms with Crippen LogP contribution in [0.25, 0.3) is 11.8 Å². The summed E-state index contributed by atoms with van der Waals surface area (Å²) >= 11 is 0. The Morgan fingerprint density at radius 1 is 1.11 bits per heavy atom. The summed E-state index contributed by atoms with van der Waals surface area (Å²) in [6.45, 7) is 7.74. The average molecular weight is 361 g/mol. The van der Waals surface area contributed by atoms with E-state index in [1.165, 1.54) is 0 Å². The zero-order valence-corrected chi connectivity index (χ0v) is 14.6. The molecule has 0 unspecified atom stereocenters. The van der Waals surface area contributed by atoms with Crippen LogP contribution in [-0.2, 0) is 6.61 Å². The van der Waals surface area contributed by atoms with Crippen LogP contribution in [0.1, 0.15) is 17.0 Å². The topological polar surface area (TPSA) is 96.0 Å². The summed E-state index contributed by atoms with van der Waals surface area (Å²) in [6, 6.07) is 15.3. The van der Waals surface area contributed by atoms with Crippen LogP contribution in [0, 0.1) is 0 Å². The average Bonchev–Trinajstić information content (AvgIpc) is 3.20. The number of hydrogen-bond acceptors (Lipinski definition) is 6. The summed E-state index contributed by atoms with van der Waals surface area (Å²) < 4.78 is 5.59. The fraction of sp³-hybridized carbons (Fsp3) is 0.0500. The minimum absolute atomic E-state index is 0.0234. The molecule has 27 heavy (non-hydrogen) atoms. The van der Waals surface area contributed by atoms with Crippen LogP contribution in [0.2, 0.25) is 0 Å². The Kier molecular flexibility index (Phi) is 5.64. The van der Waals surface area contributed by atoms with Gasteiger partial charge in [-0.05, 0) is 53.6 Å². The van der Waals surface area contributed by atoms with Gasteiger partial charge in [0.15, 0.2) is 6.61 Å². The summed E-state index contributed by atoms with van der Waals surface area (Å²) in [7, 11) is 0. The third kappa shape index (κ3) is 5.30. The van der Waals surface area contributed by atoms with Gasteiger partial charge in [0, 0.05) is 11.4 Å². The van der Waals surface area contributed by atoms with Gasteiger partial charge in [0.1, 0.15) is 11.5 Å². The van der Waals surface area contributed by atoms with Crippen LogP contribution in [0.3, 0.4) is 0 Å². The quantitative estimate of drug-likeness (QED) is 0.415. The van der Waals surface area contributed by atoms with Crippen LogP contribution >= 0.6 is 0 Å². The van der Waals surface area contributed by atoms with Crippen molar-refractivity contribution in [2.24, 2.45) is 0 Å². The highest BCUT2D eigenvalue weighted by atomic mass is 16.5. The molecule has 0 spiro atoms. The van der Waals surface area contributed by atoms with E-state index < -0.39 is 0 Å². The molecule has 0 saturated carbocycles. The minimum atomic E-state index is 0.0234. The number of allylic oxidation sites excluding steroid dienone is 1. The molecule has 7 nitrogen and oxygen atoms in total. The number of tetrazole rings is 1. The van der Waals surface area contributed by atoms with Gasteiger partial charge in [-0.3, -0.25) is 0 Å². The van der Waals surface area contributed by atoms with Gasteiger partial charge in [-0.2, -0.15) is 5.21 Å². The second kappa shape index (κ2) is 8.48. The normalized spacial score (nSPS) is 10.7. The van der Waals surface area contributed by atoms with Crippen LogP contribution in [0.4, 0.5) is 5.69 Å². The Bertz CT molecular complexity index is 930. The van der Waals surface area contributed by atoms with Crippen molar-refractivity contribution in [3.63, 3.8) is 0 Å². The van der Waals surface area contributed by atoms with Crippen LogP contribution in [0.5, 0.6) is 5.75 Å². The summed E-state index contributed by atoms with van der Waals surface area (Å²) in [4.78, 5) is 0. The summed E-state index contributed by atoms with van der Waals surface area (Å²) in [5.41, 5.74) is 3.59. The van der Waals surface area contributed by atoms with Crippen LogP contribution < -0.4 is 10.1 Å². The first kappa shape index (κ1) is 17.9. The molecule has 136 valence electrons. The van der Waals surface area contributed by atoms with Crippen molar-refractivity contribution >= 4 is 17.5 Å². The SMILES string of the molecule is C=C(O)/C=C/c1ccc(NC(=C)c2ccc(OCc3nn[nH]n3)cc2)cc1. The van der Waals surface area contributed by atoms with E-state index in [1.807, 2.05) is 48.5 Å². The number of nitrogens with one attached hydrogen (secondary N) is 2.